The minimum atomic E-state index is -1.02. The molecule has 0 aliphatic heterocycles. The van der Waals surface area contributed by atoms with E-state index in [-0.39, 0.29) is 11.6 Å². The summed E-state index contributed by atoms with van der Waals surface area (Å²) in [5.41, 5.74) is 2.37. The van der Waals surface area contributed by atoms with E-state index in [9.17, 15) is 9.59 Å². The SMILES string of the molecule is CC(=O)NCc1ccc(-n2nc(C)cc2C(=O)O)cc1. The van der Waals surface area contributed by atoms with Crippen LogP contribution in [0.1, 0.15) is 28.7 Å². The summed E-state index contributed by atoms with van der Waals surface area (Å²) in [6.07, 6.45) is 0. The summed E-state index contributed by atoms with van der Waals surface area (Å²) in [6.45, 7) is 3.65. The van der Waals surface area contributed by atoms with E-state index in [1.165, 1.54) is 17.7 Å². The van der Waals surface area contributed by atoms with E-state index in [2.05, 4.69) is 10.4 Å². The van der Waals surface area contributed by atoms with Gasteiger partial charge in [0.1, 0.15) is 0 Å². The Morgan fingerprint density at radius 1 is 1.30 bits per heavy atom. The van der Waals surface area contributed by atoms with Crippen molar-refractivity contribution in [2.75, 3.05) is 0 Å². The molecule has 2 N–H and O–H groups in total. The van der Waals surface area contributed by atoms with Crippen molar-refractivity contribution in [2.24, 2.45) is 0 Å². The number of carboxylic acid groups (broad SMARTS) is 1. The standard InChI is InChI=1S/C14H15N3O3/c1-9-7-13(14(19)20)17(16-9)12-5-3-11(4-6-12)8-15-10(2)18/h3-7H,8H2,1-2H3,(H,15,18)(H,19,20). The molecule has 2 aromatic rings. The highest BCUT2D eigenvalue weighted by Crippen LogP contribution is 2.14. The number of carbonyl (C=O) groups excluding carboxylic acids is 1. The molecule has 0 saturated heterocycles. The lowest BCUT2D eigenvalue weighted by Gasteiger charge is -2.06. The van der Waals surface area contributed by atoms with Crippen LogP contribution in [0.2, 0.25) is 0 Å². The lowest BCUT2D eigenvalue weighted by Crippen LogP contribution is -2.18. The van der Waals surface area contributed by atoms with Gasteiger partial charge in [-0.2, -0.15) is 5.10 Å². The van der Waals surface area contributed by atoms with Crippen LogP contribution in [0.25, 0.3) is 5.69 Å². The van der Waals surface area contributed by atoms with Gasteiger partial charge in [-0.25, -0.2) is 9.48 Å². The second kappa shape index (κ2) is 5.56. The summed E-state index contributed by atoms with van der Waals surface area (Å²) in [6, 6.07) is 8.72. The first-order valence-electron chi connectivity index (χ1n) is 6.11. The highest BCUT2D eigenvalue weighted by molar-refractivity contribution is 5.86. The van der Waals surface area contributed by atoms with Crippen LogP contribution in [0, 0.1) is 6.92 Å². The Labute approximate surface area is 116 Å². The number of carbonyl (C=O) groups is 2. The molecule has 6 nitrogen and oxygen atoms in total. The molecule has 104 valence electrons. The number of aromatic carboxylic acids is 1. The smallest absolute Gasteiger partial charge is 0.354 e. The van der Waals surface area contributed by atoms with Crippen molar-refractivity contribution in [3.63, 3.8) is 0 Å². The third kappa shape index (κ3) is 3.03. The maximum Gasteiger partial charge on any atom is 0.354 e. The topological polar surface area (TPSA) is 84.2 Å². The van der Waals surface area contributed by atoms with Gasteiger partial charge in [0.25, 0.3) is 0 Å². The van der Waals surface area contributed by atoms with Crippen LogP contribution in [-0.2, 0) is 11.3 Å². The molecular formula is C14H15N3O3. The summed E-state index contributed by atoms with van der Waals surface area (Å²) in [5, 5.41) is 16.0. The zero-order chi connectivity index (χ0) is 14.7. The van der Waals surface area contributed by atoms with Crippen LogP contribution in [0.4, 0.5) is 0 Å². The van der Waals surface area contributed by atoms with E-state index in [1.54, 1.807) is 19.1 Å². The molecule has 1 amide bonds. The molecule has 0 atom stereocenters. The molecular weight excluding hydrogens is 258 g/mol. The fourth-order valence-corrected chi connectivity index (χ4v) is 1.83. The minimum Gasteiger partial charge on any atom is -0.477 e. The number of aryl methyl sites for hydroxylation is 1. The Balaban J connectivity index is 2.26. The average molecular weight is 273 g/mol. The average Bonchev–Trinajstić information content (AvgIpc) is 2.79. The number of benzene rings is 1. The molecule has 0 radical (unpaired) electrons. The number of carboxylic acids is 1. The number of rotatable bonds is 4. The highest BCUT2D eigenvalue weighted by Gasteiger charge is 2.13. The van der Waals surface area contributed by atoms with E-state index in [1.807, 2.05) is 12.1 Å². The maximum atomic E-state index is 11.1. The second-order valence-corrected chi connectivity index (χ2v) is 4.46. The maximum absolute atomic E-state index is 11.1. The lowest BCUT2D eigenvalue weighted by molar-refractivity contribution is -0.119. The van der Waals surface area contributed by atoms with Crippen LogP contribution in [-0.4, -0.2) is 26.8 Å². The Morgan fingerprint density at radius 2 is 1.95 bits per heavy atom. The Morgan fingerprint density at radius 3 is 2.50 bits per heavy atom. The molecule has 0 fully saturated rings. The first kappa shape index (κ1) is 13.8. The van der Waals surface area contributed by atoms with Crippen LogP contribution < -0.4 is 5.32 Å². The minimum absolute atomic E-state index is 0.0926. The van der Waals surface area contributed by atoms with E-state index >= 15 is 0 Å². The van der Waals surface area contributed by atoms with Crippen LogP contribution in [0.15, 0.2) is 30.3 Å². The van der Waals surface area contributed by atoms with Gasteiger partial charge in [-0.05, 0) is 30.7 Å². The fraction of sp³-hybridized carbons (Fsp3) is 0.214. The monoisotopic (exact) mass is 273 g/mol. The third-order valence-electron chi connectivity index (χ3n) is 2.77. The van der Waals surface area contributed by atoms with Gasteiger partial charge < -0.3 is 10.4 Å². The summed E-state index contributed by atoms with van der Waals surface area (Å²) in [7, 11) is 0. The second-order valence-electron chi connectivity index (χ2n) is 4.46. The summed E-state index contributed by atoms with van der Waals surface area (Å²) in [5.74, 6) is -1.11. The Hall–Kier alpha value is -2.63. The molecule has 1 aromatic carbocycles. The van der Waals surface area contributed by atoms with E-state index in [0.29, 0.717) is 17.9 Å². The zero-order valence-corrected chi connectivity index (χ0v) is 11.3. The van der Waals surface area contributed by atoms with Crippen LogP contribution >= 0.6 is 0 Å². The van der Waals surface area contributed by atoms with E-state index in [0.717, 1.165) is 5.56 Å². The van der Waals surface area contributed by atoms with Gasteiger partial charge in [-0.3, -0.25) is 4.79 Å². The van der Waals surface area contributed by atoms with Gasteiger partial charge in [0.15, 0.2) is 5.69 Å². The molecule has 2 rings (SSSR count). The third-order valence-corrected chi connectivity index (χ3v) is 2.77. The molecule has 20 heavy (non-hydrogen) atoms. The number of hydrogen-bond donors (Lipinski definition) is 2. The largest absolute Gasteiger partial charge is 0.477 e. The van der Waals surface area contributed by atoms with Crippen molar-refractivity contribution in [1.82, 2.24) is 15.1 Å². The van der Waals surface area contributed by atoms with E-state index < -0.39 is 5.97 Å². The molecule has 1 heterocycles. The van der Waals surface area contributed by atoms with Crippen molar-refractivity contribution >= 4 is 11.9 Å². The number of nitrogens with zero attached hydrogens (tertiary/aromatic N) is 2. The van der Waals surface area contributed by atoms with Gasteiger partial charge in [0.05, 0.1) is 11.4 Å². The molecule has 0 saturated carbocycles. The van der Waals surface area contributed by atoms with Gasteiger partial charge in [0.2, 0.25) is 5.91 Å². The lowest BCUT2D eigenvalue weighted by atomic mass is 10.2. The molecule has 0 aliphatic carbocycles. The molecule has 0 spiro atoms. The van der Waals surface area contributed by atoms with Crippen molar-refractivity contribution in [2.45, 2.75) is 20.4 Å². The zero-order valence-electron chi connectivity index (χ0n) is 11.3. The predicted octanol–water partition coefficient (Wildman–Crippen LogP) is 1.52. The molecule has 0 unspecified atom stereocenters. The quantitative estimate of drug-likeness (QED) is 0.884. The summed E-state index contributed by atoms with van der Waals surface area (Å²) >= 11 is 0. The van der Waals surface area contributed by atoms with Gasteiger partial charge in [-0.15, -0.1) is 0 Å². The molecule has 1 aromatic heterocycles. The Kier molecular flexibility index (Phi) is 3.84. The normalized spacial score (nSPS) is 10.3. The molecule has 6 heteroatoms. The molecule has 0 aliphatic rings. The van der Waals surface area contributed by atoms with Crippen molar-refractivity contribution in [1.29, 1.82) is 0 Å². The number of aromatic nitrogens is 2. The van der Waals surface area contributed by atoms with Crippen LogP contribution in [0.5, 0.6) is 0 Å². The number of nitrogens with one attached hydrogen (secondary N) is 1. The fourth-order valence-electron chi connectivity index (χ4n) is 1.83. The van der Waals surface area contributed by atoms with Crippen LogP contribution in [0.3, 0.4) is 0 Å². The first-order valence-corrected chi connectivity index (χ1v) is 6.11. The van der Waals surface area contributed by atoms with Gasteiger partial charge >= 0.3 is 5.97 Å². The molecule has 0 bridgehead atoms. The number of hydrogen-bond acceptors (Lipinski definition) is 3. The van der Waals surface area contributed by atoms with Crippen molar-refractivity contribution < 1.29 is 14.7 Å². The Bertz CT molecular complexity index is 644. The van der Waals surface area contributed by atoms with E-state index in [4.69, 9.17) is 5.11 Å². The summed E-state index contributed by atoms with van der Waals surface area (Å²) in [4.78, 5) is 22.0. The first-order chi connectivity index (χ1) is 9.47. The summed E-state index contributed by atoms with van der Waals surface area (Å²) < 4.78 is 1.39. The van der Waals surface area contributed by atoms with Crippen molar-refractivity contribution in [3.05, 3.63) is 47.3 Å². The van der Waals surface area contributed by atoms with Gasteiger partial charge in [-0.1, -0.05) is 12.1 Å². The number of amides is 1. The predicted molar refractivity (Wildman–Crippen MR) is 72.8 cm³/mol. The van der Waals surface area contributed by atoms with Gasteiger partial charge in [0, 0.05) is 13.5 Å². The van der Waals surface area contributed by atoms with Crippen molar-refractivity contribution in [3.8, 4) is 5.69 Å². The highest BCUT2D eigenvalue weighted by atomic mass is 16.4.